The Morgan fingerprint density at radius 1 is 0.390 bits per heavy atom. The molecule has 0 N–H and O–H groups in total. The van der Waals surface area contributed by atoms with Crippen LogP contribution in [-0.2, 0) is 6.54 Å². The van der Waals surface area contributed by atoms with Crippen LogP contribution in [-0.4, -0.2) is 19.5 Å². The Bertz CT molecular complexity index is 3530. The third-order valence-electron chi connectivity index (χ3n) is 11.7. The van der Waals surface area contributed by atoms with Crippen LogP contribution < -0.4 is 0 Å². The summed E-state index contributed by atoms with van der Waals surface area (Å²) in [6.45, 7) is 0.721. The molecule has 5 nitrogen and oxygen atoms in total. The molecule has 276 valence electrons. The first kappa shape index (κ1) is 33.3. The Balaban J connectivity index is 0.991. The standard InChI is InChI=1S/C54H34N4O/c1-3-15-36(16-4-1)52-55-53(37-17-5-2-6-18-37)57-54(56-52)45-31-30-41(39-20-9-10-21-40(39)45)43-23-13-25-48-50(43)46-28-26-34(32-49(46)59-48)33-58-47-24-12-11-22-42(47)44-29-27-35-14-7-8-19-38(35)51(44)58/h1-32H,33H2. The van der Waals surface area contributed by atoms with Crippen molar-refractivity contribution in [2.75, 3.05) is 0 Å². The molecule has 0 atom stereocenters. The summed E-state index contributed by atoms with van der Waals surface area (Å²) in [6.07, 6.45) is 0. The van der Waals surface area contributed by atoms with Gasteiger partial charge in [0.2, 0.25) is 0 Å². The lowest BCUT2D eigenvalue weighted by Crippen LogP contribution is -2.00. The maximum Gasteiger partial charge on any atom is 0.164 e. The fraction of sp³-hybridized carbons (Fsp3) is 0.0185. The highest BCUT2D eigenvalue weighted by molar-refractivity contribution is 6.18. The minimum atomic E-state index is 0.635. The third-order valence-corrected chi connectivity index (χ3v) is 11.7. The second-order valence-corrected chi connectivity index (χ2v) is 15.1. The first-order valence-corrected chi connectivity index (χ1v) is 20.0. The molecule has 0 spiro atoms. The van der Waals surface area contributed by atoms with E-state index >= 15 is 0 Å². The molecule has 9 aromatic carbocycles. The highest BCUT2D eigenvalue weighted by atomic mass is 16.3. The van der Waals surface area contributed by atoms with Gasteiger partial charge >= 0.3 is 0 Å². The van der Waals surface area contributed by atoms with E-state index in [0.717, 1.165) is 67.1 Å². The molecule has 3 heterocycles. The van der Waals surface area contributed by atoms with Crippen molar-refractivity contribution in [1.82, 2.24) is 19.5 Å². The van der Waals surface area contributed by atoms with E-state index in [2.05, 4.69) is 138 Å². The number of rotatable bonds is 6. The van der Waals surface area contributed by atoms with Crippen LogP contribution in [0.3, 0.4) is 0 Å². The molecule has 12 rings (SSSR count). The lowest BCUT2D eigenvalue weighted by molar-refractivity contribution is 0.667. The van der Waals surface area contributed by atoms with Crippen LogP contribution >= 0.6 is 0 Å². The van der Waals surface area contributed by atoms with Crippen molar-refractivity contribution in [3.8, 4) is 45.3 Å². The van der Waals surface area contributed by atoms with Gasteiger partial charge in [-0.05, 0) is 57.1 Å². The molecule has 0 fully saturated rings. The minimum absolute atomic E-state index is 0.635. The summed E-state index contributed by atoms with van der Waals surface area (Å²) in [7, 11) is 0. The molecule has 0 amide bonds. The van der Waals surface area contributed by atoms with Gasteiger partial charge in [0.25, 0.3) is 0 Å². The molecular weight excluding hydrogens is 721 g/mol. The van der Waals surface area contributed by atoms with Gasteiger partial charge in [-0.1, -0.05) is 170 Å². The van der Waals surface area contributed by atoms with Gasteiger partial charge in [0.1, 0.15) is 11.2 Å². The molecule has 0 aliphatic carbocycles. The van der Waals surface area contributed by atoms with E-state index in [9.17, 15) is 0 Å². The molecule has 0 saturated carbocycles. The van der Waals surface area contributed by atoms with Crippen LogP contribution in [0.15, 0.2) is 199 Å². The zero-order valence-corrected chi connectivity index (χ0v) is 31.9. The van der Waals surface area contributed by atoms with Crippen LogP contribution in [0.4, 0.5) is 0 Å². The van der Waals surface area contributed by atoms with E-state index < -0.39 is 0 Å². The molecule has 0 aliphatic heterocycles. The molecule has 59 heavy (non-hydrogen) atoms. The molecule has 0 saturated heterocycles. The first-order valence-electron chi connectivity index (χ1n) is 20.0. The number of furan rings is 1. The number of nitrogens with zero attached hydrogens (tertiary/aromatic N) is 4. The van der Waals surface area contributed by atoms with Crippen molar-refractivity contribution < 1.29 is 4.42 Å². The number of hydrogen-bond donors (Lipinski definition) is 0. The van der Waals surface area contributed by atoms with E-state index in [1.54, 1.807) is 0 Å². The summed E-state index contributed by atoms with van der Waals surface area (Å²) in [4.78, 5) is 15.1. The summed E-state index contributed by atoms with van der Waals surface area (Å²) < 4.78 is 9.17. The molecule has 0 bridgehead atoms. The maximum atomic E-state index is 6.70. The van der Waals surface area contributed by atoms with Crippen molar-refractivity contribution in [2.24, 2.45) is 0 Å². The minimum Gasteiger partial charge on any atom is -0.456 e. The van der Waals surface area contributed by atoms with E-state index in [0.29, 0.717) is 17.5 Å². The van der Waals surface area contributed by atoms with Crippen molar-refractivity contribution in [3.05, 3.63) is 200 Å². The van der Waals surface area contributed by atoms with E-state index in [1.165, 1.54) is 38.1 Å². The first-order chi connectivity index (χ1) is 29.2. The highest BCUT2D eigenvalue weighted by Crippen LogP contribution is 2.42. The van der Waals surface area contributed by atoms with Gasteiger partial charge in [0.15, 0.2) is 17.5 Å². The number of hydrogen-bond acceptors (Lipinski definition) is 4. The van der Waals surface area contributed by atoms with Crippen LogP contribution in [0.1, 0.15) is 5.56 Å². The molecule has 3 aromatic heterocycles. The van der Waals surface area contributed by atoms with Crippen LogP contribution in [0.25, 0.3) is 111 Å². The van der Waals surface area contributed by atoms with Crippen molar-refractivity contribution in [3.63, 3.8) is 0 Å². The van der Waals surface area contributed by atoms with Crippen LogP contribution in [0.2, 0.25) is 0 Å². The maximum absolute atomic E-state index is 6.70. The van der Waals surface area contributed by atoms with Crippen LogP contribution in [0.5, 0.6) is 0 Å². The summed E-state index contributed by atoms with van der Waals surface area (Å²) >= 11 is 0. The Kier molecular flexibility index (Phi) is 7.53. The van der Waals surface area contributed by atoms with Crippen molar-refractivity contribution >= 4 is 65.3 Å². The van der Waals surface area contributed by atoms with Crippen molar-refractivity contribution in [1.29, 1.82) is 0 Å². The molecule has 0 unspecified atom stereocenters. The smallest absolute Gasteiger partial charge is 0.164 e. The summed E-state index contributed by atoms with van der Waals surface area (Å²) in [5.74, 6) is 1.92. The predicted octanol–water partition coefficient (Wildman–Crippen LogP) is 13.9. The van der Waals surface area contributed by atoms with Gasteiger partial charge in [-0.3, -0.25) is 0 Å². The average molecular weight is 755 g/mol. The largest absolute Gasteiger partial charge is 0.456 e. The summed E-state index contributed by atoms with van der Waals surface area (Å²) in [5.41, 5.74) is 10.5. The van der Waals surface area contributed by atoms with Crippen LogP contribution in [0, 0.1) is 0 Å². The molecule has 12 aromatic rings. The quantitative estimate of drug-likeness (QED) is 0.170. The Morgan fingerprint density at radius 2 is 1.00 bits per heavy atom. The van der Waals surface area contributed by atoms with Gasteiger partial charge in [0, 0.05) is 55.7 Å². The fourth-order valence-electron chi connectivity index (χ4n) is 9.02. The van der Waals surface area contributed by atoms with Gasteiger partial charge < -0.3 is 8.98 Å². The second-order valence-electron chi connectivity index (χ2n) is 15.1. The zero-order valence-electron chi connectivity index (χ0n) is 31.9. The average Bonchev–Trinajstić information content (AvgIpc) is 3.84. The topological polar surface area (TPSA) is 56.7 Å². The molecule has 5 heteroatoms. The number of benzene rings is 9. The zero-order chi connectivity index (χ0) is 38.9. The third kappa shape index (κ3) is 5.43. The monoisotopic (exact) mass is 754 g/mol. The fourth-order valence-corrected chi connectivity index (χ4v) is 9.02. The lowest BCUT2D eigenvalue weighted by Gasteiger charge is -2.13. The van der Waals surface area contributed by atoms with E-state index in [4.69, 9.17) is 19.4 Å². The Hall–Kier alpha value is -7.89. The van der Waals surface area contributed by atoms with Gasteiger partial charge in [0.05, 0.1) is 5.52 Å². The van der Waals surface area contributed by atoms with Gasteiger partial charge in [-0.15, -0.1) is 0 Å². The van der Waals surface area contributed by atoms with Gasteiger partial charge in [-0.2, -0.15) is 0 Å². The number of fused-ring (bicyclic) bond motifs is 9. The van der Waals surface area contributed by atoms with Crippen molar-refractivity contribution in [2.45, 2.75) is 6.54 Å². The van der Waals surface area contributed by atoms with Gasteiger partial charge in [-0.25, -0.2) is 15.0 Å². The molecule has 0 aliphatic rings. The highest BCUT2D eigenvalue weighted by Gasteiger charge is 2.20. The summed E-state index contributed by atoms with van der Waals surface area (Å²) in [6, 6.07) is 68.2. The Morgan fingerprint density at radius 3 is 1.76 bits per heavy atom. The number of aromatic nitrogens is 4. The second kappa shape index (κ2) is 13.4. The number of para-hydroxylation sites is 1. The Labute approximate surface area is 339 Å². The molecular formula is C54H34N4O. The summed E-state index contributed by atoms with van der Waals surface area (Å²) in [5, 5.41) is 9.43. The van der Waals surface area contributed by atoms with E-state index in [1.807, 2.05) is 60.7 Å². The van der Waals surface area contributed by atoms with E-state index in [-0.39, 0.29) is 0 Å². The molecule has 0 radical (unpaired) electrons. The normalized spacial score (nSPS) is 11.8. The lowest BCUT2D eigenvalue weighted by atomic mass is 9.92. The predicted molar refractivity (Wildman–Crippen MR) is 242 cm³/mol. The SMILES string of the molecule is c1ccc(-c2nc(-c3ccccc3)nc(-c3ccc(-c4cccc5oc6cc(Cn7c8ccccc8c8ccc9ccccc9c87)ccc6c45)c4ccccc34)n2)cc1.